The molecule has 1 unspecified atom stereocenters. The van der Waals surface area contributed by atoms with E-state index < -0.39 is 78.5 Å². The van der Waals surface area contributed by atoms with Crippen molar-refractivity contribution < 1.29 is 60.1 Å². The number of alkyl halides is 6. The Kier molecular flexibility index (Phi) is 14.5. The zero-order valence-corrected chi connectivity index (χ0v) is 29.1. The Hall–Kier alpha value is -4.36. The average Bonchev–Trinajstić information content (AvgIpc) is 3.04. The van der Waals surface area contributed by atoms with Gasteiger partial charge in [0.25, 0.3) is 5.91 Å². The van der Waals surface area contributed by atoms with Crippen LogP contribution in [0.5, 0.6) is 0 Å². The van der Waals surface area contributed by atoms with Gasteiger partial charge in [0.2, 0.25) is 5.91 Å². The van der Waals surface area contributed by atoms with Gasteiger partial charge in [-0.3, -0.25) is 20.0 Å². The van der Waals surface area contributed by atoms with Gasteiger partial charge >= 0.3 is 24.5 Å². The number of rotatable bonds is 14. The highest BCUT2D eigenvalue weighted by Crippen LogP contribution is 2.41. The number of ether oxygens (including phenoxy) is 2. The van der Waals surface area contributed by atoms with E-state index in [4.69, 9.17) is 11.6 Å². The first-order valence-corrected chi connectivity index (χ1v) is 15.4. The molecule has 0 saturated heterocycles. The second-order valence-corrected chi connectivity index (χ2v) is 12.8. The molecule has 0 spiro atoms. The van der Waals surface area contributed by atoms with Crippen molar-refractivity contribution in [2.45, 2.75) is 64.8 Å². The smallest absolute Gasteiger partial charge is 0.407 e. The Balaban J connectivity index is 2.42. The Morgan fingerprint density at radius 1 is 0.863 bits per heavy atom. The zero-order valence-electron chi connectivity index (χ0n) is 28.3. The molecule has 4 amide bonds. The molecule has 0 saturated carbocycles. The Bertz CT molecular complexity index is 1530. The maximum Gasteiger partial charge on any atom is 0.407 e. The number of methoxy groups -OCH3 is 2. The summed E-state index contributed by atoms with van der Waals surface area (Å²) >= 11 is 6.50. The first-order valence-electron chi connectivity index (χ1n) is 15.0. The monoisotopic (exact) mass is 756 g/mol. The molecule has 2 rings (SSSR count). The van der Waals surface area contributed by atoms with Crippen molar-refractivity contribution in [3.63, 3.8) is 0 Å². The normalized spacial score (nSPS) is 14.2. The Morgan fingerprint density at radius 2 is 1.39 bits per heavy atom. The minimum atomic E-state index is -5.02. The highest BCUT2D eigenvalue weighted by molar-refractivity contribution is 6.31. The molecule has 5 N–H and O–H groups in total. The van der Waals surface area contributed by atoms with E-state index in [1.165, 1.54) is 12.1 Å². The number of carbonyl (C=O) groups excluding carboxylic acids is 4. The summed E-state index contributed by atoms with van der Waals surface area (Å²) in [5.41, 5.74) is -2.02. The third-order valence-corrected chi connectivity index (χ3v) is 8.26. The average molecular weight is 757 g/mol. The predicted octanol–water partition coefficient (Wildman–Crippen LogP) is 4.34. The van der Waals surface area contributed by atoms with Gasteiger partial charge in [0, 0.05) is 36.4 Å². The van der Waals surface area contributed by atoms with Crippen molar-refractivity contribution in [3.05, 3.63) is 53.2 Å². The van der Waals surface area contributed by atoms with E-state index in [2.05, 4.69) is 25.2 Å². The lowest BCUT2D eigenvalue weighted by molar-refractivity contribution is -0.221. The van der Waals surface area contributed by atoms with Crippen LogP contribution in [0.3, 0.4) is 0 Å². The largest absolute Gasteiger partial charge is 0.453 e. The van der Waals surface area contributed by atoms with Crippen LogP contribution in [0.1, 0.15) is 33.3 Å². The van der Waals surface area contributed by atoms with E-state index in [-0.39, 0.29) is 17.1 Å². The van der Waals surface area contributed by atoms with Crippen molar-refractivity contribution >= 4 is 35.6 Å². The summed E-state index contributed by atoms with van der Waals surface area (Å²) in [4.78, 5) is 54.3. The predicted molar refractivity (Wildman–Crippen MR) is 171 cm³/mol. The SMILES string of the molecule is COC(=O)NC(C(=O)NC[C@@H](O)CN(Cc1ccc(-c2ccccn2)cc1Cl)NC(=O)[C@@H](NC(=O)OC)C(C)(C)C(F)(F)F)C(C)(C)C(F)(F)F. The van der Waals surface area contributed by atoms with Crippen LogP contribution >= 0.6 is 11.6 Å². The van der Waals surface area contributed by atoms with Crippen LogP contribution < -0.4 is 21.4 Å². The lowest BCUT2D eigenvalue weighted by Gasteiger charge is -2.37. The van der Waals surface area contributed by atoms with E-state index >= 15 is 0 Å². The molecule has 51 heavy (non-hydrogen) atoms. The maximum absolute atomic E-state index is 14.0. The molecule has 2 aromatic rings. The number of aromatic nitrogens is 1. The van der Waals surface area contributed by atoms with Crippen molar-refractivity contribution in [1.82, 2.24) is 31.4 Å². The Morgan fingerprint density at radius 3 is 1.84 bits per heavy atom. The molecule has 13 nitrogen and oxygen atoms in total. The molecule has 20 heteroatoms. The molecular weight excluding hydrogens is 718 g/mol. The van der Waals surface area contributed by atoms with E-state index in [0.29, 0.717) is 39.0 Å². The van der Waals surface area contributed by atoms with Crippen molar-refractivity contribution in [3.8, 4) is 11.3 Å². The minimum absolute atomic E-state index is 0.117. The molecule has 0 radical (unpaired) electrons. The van der Waals surface area contributed by atoms with Gasteiger partial charge in [-0.15, -0.1) is 0 Å². The number of aliphatic hydroxyl groups is 1. The number of aliphatic hydroxyl groups excluding tert-OH is 1. The van der Waals surface area contributed by atoms with E-state index in [1.54, 1.807) is 30.5 Å². The van der Waals surface area contributed by atoms with Gasteiger partial charge in [0.1, 0.15) is 12.1 Å². The fourth-order valence-electron chi connectivity index (χ4n) is 4.41. The number of hydrazine groups is 1. The van der Waals surface area contributed by atoms with Crippen LogP contribution in [-0.4, -0.2) is 96.9 Å². The quantitative estimate of drug-likeness (QED) is 0.139. The minimum Gasteiger partial charge on any atom is -0.453 e. The molecule has 0 aliphatic heterocycles. The summed E-state index contributed by atoms with van der Waals surface area (Å²) in [6.07, 6.45) is -12.9. The fourth-order valence-corrected chi connectivity index (χ4v) is 4.65. The third-order valence-electron chi connectivity index (χ3n) is 7.91. The molecule has 1 heterocycles. The summed E-state index contributed by atoms with van der Waals surface area (Å²) in [7, 11) is 1.75. The van der Waals surface area contributed by atoms with Crippen molar-refractivity contribution in [1.29, 1.82) is 0 Å². The highest BCUT2D eigenvalue weighted by atomic mass is 35.5. The van der Waals surface area contributed by atoms with E-state index in [0.717, 1.165) is 19.2 Å². The number of alkyl carbamates (subject to hydrolysis) is 2. The van der Waals surface area contributed by atoms with Crippen LogP contribution in [0.2, 0.25) is 5.02 Å². The summed E-state index contributed by atoms with van der Waals surface area (Å²) in [5, 5.41) is 17.7. The molecule has 0 fully saturated rings. The van der Waals surface area contributed by atoms with E-state index in [9.17, 15) is 50.6 Å². The van der Waals surface area contributed by atoms with Gasteiger partial charge in [0.15, 0.2) is 0 Å². The number of hydrogen-bond acceptors (Lipinski definition) is 9. The number of pyridine rings is 1. The zero-order chi connectivity index (χ0) is 38.9. The van der Waals surface area contributed by atoms with Crippen LogP contribution in [0.4, 0.5) is 35.9 Å². The molecular formula is C31H39ClF6N6O7. The van der Waals surface area contributed by atoms with E-state index in [1.807, 2.05) is 10.6 Å². The Labute approximate surface area is 294 Å². The summed E-state index contributed by atoms with van der Waals surface area (Å²) < 4.78 is 92.2. The third kappa shape index (κ3) is 11.3. The molecule has 1 aromatic carbocycles. The lowest BCUT2D eigenvalue weighted by Crippen LogP contribution is -2.62. The van der Waals surface area contributed by atoms with Gasteiger partial charge in [-0.2, -0.15) is 26.3 Å². The van der Waals surface area contributed by atoms with Gasteiger partial charge in [-0.05, 0) is 51.5 Å². The summed E-state index contributed by atoms with van der Waals surface area (Å²) in [6, 6.07) is 5.31. The number of hydrogen-bond donors (Lipinski definition) is 5. The number of nitrogens with one attached hydrogen (secondary N) is 4. The maximum atomic E-state index is 14.0. The van der Waals surface area contributed by atoms with Crippen molar-refractivity contribution in [2.75, 3.05) is 27.3 Å². The number of nitrogens with zero attached hydrogens (tertiary/aromatic N) is 2. The number of amides is 4. The van der Waals surface area contributed by atoms with Gasteiger partial charge in [-0.25, -0.2) is 14.6 Å². The molecule has 284 valence electrons. The molecule has 0 aliphatic rings. The number of benzene rings is 1. The first kappa shape index (κ1) is 42.8. The second-order valence-electron chi connectivity index (χ2n) is 12.4. The summed E-state index contributed by atoms with van der Waals surface area (Å²) in [5.74, 6) is -2.76. The summed E-state index contributed by atoms with van der Waals surface area (Å²) in [6.45, 7) is 0.855. The first-order chi connectivity index (χ1) is 23.5. The highest BCUT2D eigenvalue weighted by Gasteiger charge is 2.57. The second kappa shape index (κ2) is 17.2. The lowest BCUT2D eigenvalue weighted by atomic mass is 9.83. The van der Waals surface area contributed by atoms with Gasteiger partial charge in [0.05, 0.1) is 36.8 Å². The number of halogens is 7. The fraction of sp³-hybridized carbons (Fsp3) is 0.516. The molecule has 1 aromatic heterocycles. The standard InChI is InChI=1S/C31H39ClF6N6O7/c1-28(2,30(33,34)35)22(41-26(48)50-5)24(46)40-14-19(45)16-44(15-18-11-10-17(13-20(18)32)21-9-7-8-12-39-21)43-25(47)23(42-27(49)51-6)29(3,4)31(36,37)38/h7-13,19,22-23,45H,14-16H2,1-6H3,(H,40,46)(H,41,48)(H,42,49)(H,43,47)/t19-,22?,23-/m1/s1. The van der Waals surface area contributed by atoms with Crippen LogP contribution in [0, 0.1) is 10.8 Å². The molecule has 0 aliphatic carbocycles. The number of carbonyl (C=O) groups is 4. The van der Waals surface area contributed by atoms with Crippen molar-refractivity contribution in [2.24, 2.45) is 10.8 Å². The molecule has 3 atom stereocenters. The van der Waals surface area contributed by atoms with Crippen LogP contribution in [0.25, 0.3) is 11.3 Å². The van der Waals surface area contributed by atoms with Crippen LogP contribution in [-0.2, 0) is 25.6 Å². The molecule has 0 bridgehead atoms. The van der Waals surface area contributed by atoms with Gasteiger partial charge < -0.3 is 30.5 Å². The van der Waals surface area contributed by atoms with Crippen LogP contribution in [0.15, 0.2) is 42.6 Å². The topological polar surface area (TPSA) is 171 Å². The van der Waals surface area contributed by atoms with Gasteiger partial charge in [-0.1, -0.05) is 29.8 Å².